The highest BCUT2D eigenvalue weighted by Gasteiger charge is 2.19. The van der Waals surface area contributed by atoms with Crippen LogP contribution in [0.5, 0.6) is 0 Å². The first kappa shape index (κ1) is 61.4. The van der Waals surface area contributed by atoms with Gasteiger partial charge in [0.05, 0.1) is 0 Å². The summed E-state index contributed by atoms with van der Waals surface area (Å²) < 4.78 is 16.7. The van der Waals surface area contributed by atoms with E-state index in [1.54, 1.807) is 0 Å². The van der Waals surface area contributed by atoms with E-state index in [4.69, 9.17) is 14.2 Å². The van der Waals surface area contributed by atoms with Crippen LogP contribution in [0.3, 0.4) is 0 Å². The van der Waals surface area contributed by atoms with Gasteiger partial charge in [0.1, 0.15) is 13.2 Å². The molecule has 0 N–H and O–H groups in total. The van der Waals surface area contributed by atoms with Gasteiger partial charge in [-0.3, -0.25) is 14.4 Å². The highest BCUT2D eigenvalue weighted by atomic mass is 16.6. The highest BCUT2D eigenvalue weighted by Crippen LogP contribution is 2.18. The molecule has 0 fully saturated rings. The highest BCUT2D eigenvalue weighted by molar-refractivity contribution is 5.71. The van der Waals surface area contributed by atoms with Crippen LogP contribution in [0.15, 0.2) is 0 Å². The molecule has 1 unspecified atom stereocenters. The van der Waals surface area contributed by atoms with Gasteiger partial charge in [0.15, 0.2) is 6.10 Å². The van der Waals surface area contributed by atoms with Gasteiger partial charge < -0.3 is 14.2 Å². The molecule has 0 amide bonds. The number of ether oxygens (including phenoxy) is 3. The van der Waals surface area contributed by atoms with Crippen LogP contribution in [0, 0.1) is 0 Å². The topological polar surface area (TPSA) is 78.9 Å². The fourth-order valence-corrected chi connectivity index (χ4v) is 8.80. The maximum Gasteiger partial charge on any atom is 0.306 e. The van der Waals surface area contributed by atoms with Crippen molar-refractivity contribution in [3.05, 3.63) is 0 Å². The van der Waals surface area contributed by atoms with Crippen molar-refractivity contribution in [2.75, 3.05) is 13.2 Å². The van der Waals surface area contributed by atoms with Gasteiger partial charge in [-0.1, -0.05) is 290 Å². The summed E-state index contributed by atoms with van der Waals surface area (Å²) in [6.45, 7) is 6.63. The van der Waals surface area contributed by atoms with Gasteiger partial charge in [0.2, 0.25) is 0 Å². The quantitative estimate of drug-likeness (QED) is 0.0344. The third-order valence-electron chi connectivity index (χ3n) is 13.1. The molecule has 0 aliphatic carbocycles. The first-order chi connectivity index (χ1) is 31.0. The van der Waals surface area contributed by atoms with Crippen molar-refractivity contribution in [3.8, 4) is 0 Å². The molecule has 6 nitrogen and oxygen atoms in total. The van der Waals surface area contributed by atoms with E-state index in [1.165, 1.54) is 231 Å². The SMILES string of the molecule is CCCCCCCCCCCCCCCCCCCCCCCCCCCCCCCC(=O)OCC(COC(=O)CCCCCCCCCC)OC(=O)CCCCCCCCCC. The Kier molecular flexibility index (Phi) is 51.7. The van der Waals surface area contributed by atoms with Crippen molar-refractivity contribution in [1.82, 2.24) is 0 Å². The molecule has 0 aliphatic heterocycles. The molecule has 1 atom stereocenters. The fraction of sp³-hybridized carbons (Fsp3) is 0.947. The summed E-state index contributed by atoms with van der Waals surface area (Å²) in [5, 5.41) is 0. The molecule has 374 valence electrons. The van der Waals surface area contributed by atoms with Gasteiger partial charge in [0.25, 0.3) is 0 Å². The Bertz CT molecular complexity index is 936. The summed E-state index contributed by atoms with van der Waals surface area (Å²) in [6, 6.07) is 0. The van der Waals surface area contributed by atoms with Crippen LogP contribution in [-0.4, -0.2) is 37.2 Å². The molecule has 0 bridgehead atoms. The summed E-state index contributed by atoms with van der Waals surface area (Å²) in [7, 11) is 0. The second kappa shape index (κ2) is 53.0. The van der Waals surface area contributed by atoms with E-state index in [0.29, 0.717) is 19.3 Å². The largest absolute Gasteiger partial charge is 0.462 e. The second-order valence-electron chi connectivity index (χ2n) is 19.6. The molecule has 0 saturated carbocycles. The van der Waals surface area contributed by atoms with Crippen LogP contribution >= 0.6 is 0 Å². The maximum absolute atomic E-state index is 12.7. The molecule has 0 rings (SSSR count). The lowest BCUT2D eigenvalue weighted by molar-refractivity contribution is -0.167. The molecule has 0 aromatic heterocycles. The van der Waals surface area contributed by atoms with Crippen molar-refractivity contribution >= 4 is 17.9 Å². The van der Waals surface area contributed by atoms with Gasteiger partial charge in [-0.25, -0.2) is 0 Å². The number of unbranched alkanes of at least 4 members (excludes halogenated alkanes) is 42. The normalized spacial score (nSPS) is 11.9. The Labute approximate surface area is 393 Å². The standard InChI is InChI=1S/C57H110O6/c1-4-7-10-13-16-19-20-21-22-23-24-25-26-27-28-29-30-31-32-33-34-35-36-37-38-39-42-44-47-50-56(59)62-53-54(63-57(60)51-48-45-41-18-15-12-9-6-3)52-61-55(58)49-46-43-40-17-14-11-8-5-2/h54H,4-53H2,1-3H3. The number of rotatable bonds is 53. The third-order valence-corrected chi connectivity index (χ3v) is 13.1. The van der Waals surface area contributed by atoms with Gasteiger partial charge >= 0.3 is 17.9 Å². The summed E-state index contributed by atoms with van der Waals surface area (Å²) in [5.41, 5.74) is 0. The molecule has 0 heterocycles. The zero-order chi connectivity index (χ0) is 45.8. The number of carbonyl (C=O) groups is 3. The van der Waals surface area contributed by atoms with Crippen LogP contribution < -0.4 is 0 Å². The molecule has 6 heteroatoms. The van der Waals surface area contributed by atoms with Crippen molar-refractivity contribution in [2.45, 2.75) is 335 Å². The van der Waals surface area contributed by atoms with E-state index < -0.39 is 6.10 Å². The minimum Gasteiger partial charge on any atom is -0.462 e. The molecule has 0 aromatic rings. The molecule has 63 heavy (non-hydrogen) atoms. The fourth-order valence-electron chi connectivity index (χ4n) is 8.80. The zero-order valence-corrected chi connectivity index (χ0v) is 42.9. The van der Waals surface area contributed by atoms with Gasteiger partial charge in [-0.15, -0.1) is 0 Å². The Balaban J connectivity index is 3.88. The Morgan fingerprint density at radius 1 is 0.254 bits per heavy atom. The number of esters is 3. The monoisotopic (exact) mass is 891 g/mol. The van der Waals surface area contributed by atoms with Gasteiger partial charge in [-0.05, 0) is 19.3 Å². The first-order valence-corrected chi connectivity index (χ1v) is 28.5. The van der Waals surface area contributed by atoms with Crippen molar-refractivity contribution in [1.29, 1.82) is 0 Å². The Morgan fingerprint density at radius 2 is 0.429 bits per heavy atom. The second-order valence-corrected chi connectivity index (χ2v) is 19.6. The van der Waals surface area contributed by atoms with Gasteiger partial charge in [-0.2, -0.15) is 0 Å². The van der Waals surface area contributed by atoms with Crippen molar-refractivity contribution in [2.24, 2.45) is 0 Å². The van der Waals surface area contributed by atoms with Crippen LogP contribution in [-0.2, 0) is 28.6 Å². The molecular formula is C57H110O6. The summed E-state index contributed by atoms with van der Waals surface area (Å²) in [4.78, 5) is 37.7. The number of hydrogen-bond donors (Lipinski definition) is 0. The number of carbonyl (C=O) groups excluding carboxylic acids is 3. The van der Waals surface area contributed by atoms with E-state index in [2.05, 4.69) is 20.8 Å². The average Bonchev–Trinajstić information content (AvgIpc) is 3.28. The predicted molar refractivity (Wildman–Crippen MR) is 270 cm³/mol. The molecule has 0 spiro atoms. The van der Waals surface area contributed by atoms with Gasteiger partial charge in [0, 0.05) is 19.3 Å². The van der Waals surface area contributed by atoms with E-state index >= 15 is 0 Å². The Morgan fingerprint density at radius 3 is 0.635 bits per heavy atom. The van der Waals surface area contributed by atoms with Crippen molar-refractivity contribution < 1.29 is 28.6 Å². The minimum absolute atomic E-state index is 0.0629. The molecule has 0 aliphatic rings. The summed E-state index contributed by atoms with van der Waals surface area (Å²) in [6.07, 6.45) is 58.7. The lowest BCUT2D eigenvalue weighted by Gasteiger charge is -2.18. The summed E-state index contributed by atoms with van der Waals surface area (Å²) >= 11 is 0. The third kappa shape index (κ3) is 51.3. The lowest BCUT2D eigenvalue weighted by Crippen LogP contribution is -2.30. The first-order valence-electron chi connectivity index (χ1n) is 28.5. The molecule has 0 aromatic carbocycles. The van der Waals surface area contributed by atoms with E-state index in [9.17, 15) is 14.4 Å². The zero-order valence-electron chi connectivity index (χ0n) is 42.9. The minimum atomic E-state index is -0.758. The van der Waals surface area contributed by atoms with Crippen LogP contribution in [0.1, 0.15) is 329 Å². The van der Waals surface area contributed by atoms with Crippen LogP contribution in [0.2, 0.25) is 0 Å². The predicted octanol–water partition coefficient (Wildman–Crippen LogP) is 18.8. The summed E-state index contributed by atoms with van der Waals surface area (Å²) in [5.74, 6) is -0.853. The smallest absolute Gasteiger partial charge is 0.306 e. The average molecular weight is 892 g/mol. The van der Waals surface area contributed by atoms with E-state index in [-0.39, 0.29) is 31.1 Å². The van der Waals surface area contributed by atoms with Crippen LogP contribution in [0.4, 0.5) is 0 Å². The molecule has 0 radical (unpaired) electrons. The molecular weight excluding hydrogens is 781 g/mol. The lowest BCUT2D eigenvalue weighted by atomic mass is 10.0. The number of hydrogen-bond acceptors (Lipinski definition) is 6. The van der Waals surface area contributed by atoms with E-state index in [1.807, 2.05) is 0 Å². The van der Waals surface area contributed by atoms with Crippen molar-refractivity contribution in [3.63, 3.8) is 0 Å². The van der Waals surface area contributed by atoms with Crippen LogP contribution in [0.25, 0.3) is 0 Å². The molecule has 0 saturated heterocycles. The Hall–Kier alpha value is -1.59. The van der Waals surface area contributed by atoms with E-state index in [0.717, 1.165) is 57.8 Å². The maximum atomic E-state index is 12.7.